The van der Waals surface area contributed by atoms with Crippen LogP contribution in [0.25, 0.3) is 0 Å². The number of nitrogens with one attached hydrogen (secondary N) is 1. The molecule has 0 unspecified atom stereocenters. The average Bonchev–Trinajstić information content (AvgIpc) is 2.85. The number of hydrogen-bond acceptors (Lipinski definition) is 6. The van der Waals surface area contributed by atoms with E-state index in [0.29, 0.717) is 24.4 Å². The molecule has 26 heavy (non-hydrogen) atoms. The van der Waals surface area contributed by atoms with E-state index in [1.54, 1.807) is 0 Å². The summed E-state index contributed by atoms with van der Waals surface area (Å²) in [7, 11) is 0. The molecule has 4 aliphatic heterocycles. The lowest BCUT2D eigenvalue weighted by atomic mass is 9.58. The largest absolute Gasteiger partial charge is 0.351 e. The van der Waals surface area contributed by atoms with Crippen LogP contribution in [0.1, 0.15) is 59.8 Å². The van der Waals surface area contributed by atoms with Gasteiger partial charge in [-0.2, -0.15) is 0 Å². The third-order valence-corrected chi connectivity index (χ3v) is 7.08. The van der Waals surface area contributed by atoms with Crippen LogP contribution in [0.15, 0.2) is 0 Å². The van der Waals surface area contributed by atoms with E-state index < -0.39 is 17.7 Å². The maximum Gasteiger partial charge on any atom is 0.201 e. The number of fused-ring (bicyclic) bond motifs is 2. The smallest absolute Gasteiger partial charge is 0.201 e. The second-order valence-electron chi connectivity index (χ2n) is 8.89. The fraction of sp³-hybridized carbons (Fsp3) is 1.00. The zero-order chi connectivity index (χ0) is 18.4. The molecule has 5 fully saturated rings. The Hall–Kier alpha value is -0.240. The van der Waals surface area contributed by atoms with Crippen LogP contribution < -0.4 is 5.32 Å². The van der Waals surface area contributed by atoms with Gasteiger partial charge in [0.15, 0.2) is 18.2 Å². The lowest BCUT2D eigenvalue weighted by Gasteiger charge is -2.60. The molecule has 1 saturated carbocycles. The van der Waals surface area contributed by atoms with Crippen molar-refractivity contribution >= 4 is 0 Å². The van der Waals surface area contributed by atoms with Crippen molar-refractivity contribution in [2.45, 2.75) is 83.8 Å². The highest BCUT2D eigenvalue weighted by Crippen LogP contribution is 2.60. The summed E-state index contributed by atoms with van der Waals surface area (Å²) in [5, 5.41) is 3.38. The molecule has 0 aromatic carbocycles. The highest BCUT2D eigenvalue weighted by atomic mass is 17.3. The first-order chi connectivity index (χ1) is 12.5. The molecular weight excluding hydrogens is 334 g/mol. The topological polar surface area (TPSA) is 58.2 Å². The van der Waals surface area contributed by atoms with E-state index in [1.807, 2.05) is 6.92 Å². The monoisotopic (exact) mass is 369 g/mol. The van der Waals surface area contributed by atoms with Crippen LogP contribution in [0.3, 0.4) is 0 Å². The van der Waals surface area contributed by atoms with Crippen molar-refractivity contribution in [2.24, 2.45) is 23.7 Å². The summed E-state index contributed by atoms with van der Waals surface area (Å²) in [6.07, 6.45) is 4.71. The fourth-order valence-electron chi connectivity index (χ4n) is 5.61. The number of hydrogen-bond donors (Lipinski definition) is 1. The molecule has 2 bridgehead atoms. The van der Waals surface area contributed by atoms with Gasteiger partial charge in [0, 0.05) is 24.8 Å². The van der Waals surface area contributed by atoms with Gasteiger partial charge in [-0.15, -0.1) is 0 Å². The lowest BCUT2D eigenvalue weighted by Crippen LogP contribution is -2.70. The molecule has 0 amide bonds. The Balaban J connectivity index is 1.53. The molecule has 6 nitrogen and oxygen atoms in total. The van der Waals surface area contributed by atoms with E-state index in [2.05, 4.69) is 26.1 Å². The number of rotatable bonds is 6. The zero-order valence-corrected chi connectivity index (χ0v) is 16.7. The highest BCUT2D eigenvalue weighted by Gasteiger charge is 2.69. The van der Waals surface area contributed by atoms with Crippen LogP contribution in [0, 0.1) is 23.7 Å². The van der Waals surface area contributed by atoms with Gasteiger partial charge in [-0.3, -0.25) is 0 Å². The van der Waals surface area contributed by atoms with Gasteiger partial charge in [0.1, 0.15) is 0 Å². The Morgan fingerprint density at radius 2 is 1.92 bits per heavy atom. The highest BCUT2D eigenvalue weighted by molar-refractivity contribution is 5.09. The minimum Gasteiger partial charge on any atom is -0.351 e. The summed E-state index contributed by atoms with van der Waals surface area (Å²) in [6.45, 7) is 11.2. The van der Waals surface area contributed by atoms with Crippen LogP contribution in [0.5, 0.6) is 0 Å². The summed E-state index contributed by atoms with van der Waals surface area (Å²) in [4.78, 5) is 12.0. The third kappa shape index (κ3) is 3.03. The SMILES string of the molecule is CCCNCCO[C@H]1O[C@@H]2O[C@@]3(C)CC[C@H]4[C@H](C)CC[C@@H]([C@H]1C)[C@@]24OO3. The molecule has 5 aliphatic rings. The van der Waals surface area contributed by atoms with Crippen LogP contribution >= 0.6 is 0 Å². The molecule has 0 radical (unpaired) electrons. The molecule has 1 N–H and O–H groups in total. The van der Waals surface area contributed by atoms with E-state index in [-0.39, 0.29) is 12.2 Å². The molecule has 4 saturated heterocycles. The summed E-state index contributed by atoms with van der Waals surface area (Å²) in [5.41, 5.74) is -0.493. The molecule has 0 aromatic rings. The molecule has 6 heteroatoms. The molecule has 4 heterocycles. The molecule has 150 valence electrons. The van der Waals surface area contributed by atoms with Crippen LogP contribution in [0.4, 0.5) is 0 Å². The minimum atomic E-state index is -0.717. The van der Waals surface area contributed by atoms with Crippen molar-refractivity contribution in [3.63, 3.8) is 0 Å². The van der Waals surface area contributed by atoms with Crippen molar-refractivity contribution in [1.29, 1.82) is 0 Å². The van der Waals surface area contributed by atoms with Crippen LogP contribution in [-0.2, 0) is 24.0 Å². The van der Waals surface area contributed by atoms with Crippen molar-refractivity contribution in [3.8, 4) is 0 Å². The van der Waals surface area contributed by atoms with Gasteiger partial charge >= 0.3 is 0 Å². The normalized spacial score (nSPS) is 50.3. The minimum absolute atomic E-state index is 0.250. The third-order valence-electron chi connectivity index (χ3n) is 7.08. The predicted octanol–water partition coefficient (Wildman–Crippen LogP) is 3.21. The van der Waals surface area contributed by atoms with E-state index in [4.69, 9.17) is 24.0 Å². The quantitative estimate of drug-likeness (QED) is 0.573. The maximum atomic E-state index is 6.39. The first kappa shape index (κ1) is 19.1. The standard InChI is InChI=1S/C20H35NO5/c1-5-10-21-11-12-22-17-14(3)16-7-6-13(2)15-8-9-19(4)24-18(23-17)20(15,16)26-25-19/h13-18,21H,5-12H2,1-4H3/t13-,14-,15+,16+,17+,18-,19-,20-/m1/s1. The van der Waals surface area contributed by atoms with Crippen molar-refractivity contribution in [2.75, 3.05) is 19.7 Å². The van der Waals surface area contributed by atoms with Gasteiger partial charge in [0.05, 0.1) is 6.61 Å². The Bertz CT molecular complexity index is 505. The second-order valence-corrected chi connectivity index (χ2v) is 8.89. The van der Waals surface area contributed by atoms with Gasteiger partial charge in [-0.1, -0.05) is 20.8 Å². The zero-order valence-electron chi connectivity index (χ0n) is 16.7. The summed E-state index contributed by atoms with van der Waals surface area (Å²) in [5.74, 6) is 0.865. The molecular formula is C20H35NO5. The van der Waals surface area contributed by atoms with Crippen LogP contribution in [0.2, 0.25) is 0 Å². The first-order valence-electron chi connectivity index (χ1n) is 10.5. The molecule has 5 rings (SSSR count). The lowest BCUT2D eigenvalue weighted by molar-refractivity contribution is -0.577. The van der Waals surface area contributed by atoms with Crippen molar-refractivity contribution in [1.82, 2.24) is 5.32 Å². The first-order valence-corrected chi connectivity index (χ1v) is 10.5. The Morgan fingerprint density at radius 3 is 2.73 bits per heavy atom. The predicted molar refractivity (Wildman–Crippen MR) is 95.9 cm³/mol. The van der Waals surface area contributed by atoms with E-state index in [1.165, 1.54) is 6.42 Å². The van der Waals surface area contributed by atoms with Crippen LogP contribution in [-0.4, -0.2) is 43.7 Å². The average molecular weight is 370 g/mol. The second kappa shape index (κ2) is 7.30. The summed E-state index contributed by atoms with van der Waals surface area (Å²) >= 11 is 0. The van der Waals surface area contributed by atoms with E-state index in [0.717, 1.165) is 38.8 Å². The Morgan fingerprint density at radius 1 is 1.08 bits per heavy atom. The van der Waals surface area contributed by atoms with E-state index in [9.17, 15) is 0 Å². The van der Waals surface area contributed by atoms with Crippen molar-refractivity contribution < 1.29 is 24.0 Å². The summed E-state index contributed by atoms with van der Waals surface area (Å²) in [6, 6.07) is 0. The van der Waals surface area contributed by atoms with E-state index >= 15 is 0 Å². The van der Waals surface area contributed by atoms with Gasteiger partial charge in [0.25, 0.3) is 0 Å². The molecule has 8 atom stereocenters. The Labute approximate surface area is 157 Å². The maximum absolute atomic E-state index is 6.39. The fourth-order valence-corrected chi connectivity index (χ4v) is 5.61. The van der Waals surface area contributed by atoms with Gasteiger partial charge < -0.3 is 19.5 Å². The Kier molecular flexibility index (Phi) is 5.36. The number of ether oxygens (including phenoxy) is 3. The molecule has 0 aromatic heterocycles. The van der Waals surface area contributed by atoms with Gasteiger partial charge in [-0.25, -0.2) is 9.78 Å². The van der Waals surface area contributed by atoms with Gasteiger partial charge in [0.2, 0.25) is 5.79 Å². The molecule has 1 aliphatic carbocycles. The van der Waals surface area contributed by atoms with Crippen molar-refractivity contribution in [3.05, 3.63) is 0 Å². The molecule has 1 spiro atoms. The summed E-state index contributed by atoms with van der Waals surface area (Å²) < 4.78 is 18.8. The van der Waals surface area contributed by atoms with Gasteiger partial charge in [-0.05, 0) is 51.0 Å².